The minimum absolute atomic E-state index is 0.00239. The molecule has 146 valence electrons. The van der Waals surface area contributed by atoms with Gasteiger partial charge in [0.2, 0.25) is 0 Å². The molecule has 4 aliphatic heterocycles. The van der Waals surface area contributed by atoms with Gasteiger partial charge in [-0.15, -0.1) is 0 Å². The molecule has 2 aromatic carbocycles. The predicted molar refractivity (Wildman–Crippen MR) is 107 cm³/mol. The Labute approximate surface area is 165 Å². The highest BCUT2D eigenvalue weighted by Gasteiger charge is 2.38. The van der Waals surface area contributed by atoms with Crippen LogP contribution in [0.1, 0.15) is 35.6 Å². The van der Waals surface area contributed by atoms with Crippen molar-refractivity contribution in [1.82, 2.24) is 15.1 Å². The molecule has 5 heteroatoms. The molecule has 3 saturated heterocycles. The normalized spacial score (nSPS) is 28.7. The Morgan fingerprint density at radius 3 is 2.46 bits per heavy atom. The second-order valence-electron chi connectivity index (χ2n) is 8.29. The van der Waals surface area contributed by atoms with Gasteiger partial charge in [-0.05, 0) is 67.1 Å². The third kappa shape index (κ3) is 3.18. The molecule has 4 nitrogen and oxygen atoms in total. The van der Waals surface area contributed by atoms with Gasteiger partial charge in [-0.3, -0.25) is 0 Å². The van der Waals surface area contributed by atoms with E-state index >= 15 is 0 Å². The molecule has 2 atom stereocenters. The molecule has 0 saturated carbocycles. The van der Waals surface area contributed by atoms with Crippen LogP contribution in [-0.4, -0.2) is 48.1 Å². The Morgan fingerprint density at radius 1 is 1.00 bits per heavy atom. The third-order valence-corrected chi connectivity index (χ3v) is 6.70. The molecule has 0 aliphatic carbocycles. The smallest absolute Gasteiger partial charge is 0.318 e. The zero-order valence-electron chi connectivity index (χ0n) is 16.0. The number of hydrogen-bond acceptors (Lipinski definition) is 2. The van der Waals surface area contributed by atoms with Crippen molar-refractivity contribution in [3.8, 4) is 0 Å². The first-order chi connectivity index (χ1) is 13.7. The average molecular weight is 379 g/mol. The van der Waals surface area contributed by atoms with Crippen molar-refractivity contribution in [2.24, 2.45) is 5.92 Å². The fourth-order valence-electron chi connectivity index (χ4n) is 5.16. The molecule has 1 N–H and O–H groups in total. The van der Waals surface area contributed by atoms with E-state index in [0.717, 1.165) is 37.2 Å². The summed E-state index contributed by atoms with van der Waals surface area (Å²) in [6, 6.07) is 14.9. The highest BCUT2D eigenvalue weighted by atomic mass is 19.1. The quantitative estimate of drug-likeness (QED) is 0.866. The number of urea groups is 1. The van der Waals surface area contributed by atoms with E-state index in [2.05, 4.69) is 22.3 Å². The highest BCUT2D eigenvalue weighted by molar-refractivity contribution is 5.76. The molecule has 3 fully saturated rings. The highest BCUT2D eigenvalue weighted by Crippen LogP contribution is 2.36. The minimum Gasteiger partial charge on any atom is -0.334 e. The van der Waals surface area contributed by atoms with Crippen molar-refractivity contribution in [2.45, 2.75) is 31.3 Å². The number of halogens is 1. The van der Waals surface area contributed by atoms with E-state index in [0.29, 0.717) is 12.5 Å². The lowest BCUT2D eigenvalue weighted by Gasteiger charge is -2.46. The fourth-order valence-corrected chi connectivity index (χ4v) is 5.16. The van der Waals surface area contributed by atoms with Crippen molar-refractivity contribution in [2.75, 3.05) is 26.2 Å². The SMILES string of the molecule is O=C(NC1CN2CCC1CC2)N1CCc2ccccc2C1c1ccc(F)cc1. The number of benzene rings is 2. The van der Waals surface area contributed by atoms with E-state index in [-0.39, 0.29) is 23.9 Å². The summed E-state index contributed by atoms with van der Waals surface area (Å²) in [5, 5.41) is 3.33. The summed E-state index contributed by atoms with van der Waals surface area (Å²) >= 11 is 0. The number of carbonyl (C=O) groups is 1. The summed E-state index contributed by atoms with van der Waals surface area (Å²) in [4.78, 5) is 17.7. The van der Waals surface area contributed by atoms with Gasteiger partial charge in [-0.25, -0.2) is 9.18 Å². The minimum atomic E-state index is -0.254. The summed E-state index contributed by atoms with van der Waals surface area (Å²) in [7, 11) is 0. The van der Waals surface area contributed by atoms with E-state index in [1.807, 2.05) is 17.0 Å². The topological polar surface area (TPSA) is 35.6 Å². The van der Waals surface area contributed by atoms with E-state index in [4.69, 9.17) is 0 Å². The first-order valence-corrected chi connectivity index (χ1v) is 10.3. The second kappa shape index (κ2) is 7.21. The number of rotatable bonds is 2. The van der Waals surface area contributed by atoms with Gasteiger partial charge in [-0.2, -0.15) is 0 Å². The molecule has 2 unspecified atom stereocenters. The van der Waals surface area contributed by atoms with Crippen LogP contribution < -0.4 is 5.32 Å². The maximum atomic E-state index is 13.5. The molecule has 2 amide bonds. The van der Waals surface area contributed by atoms with Gasteiger partial charge in [0.05, 0.1) is 6.04 Å². The average Bonchev–Trinajstić information content (AvgIpc) is 2.74. The predicted octanol–water partition coefficient (Wildman–Crippen LogP) is 3.58. The first kappa shape index (κ1) is 17.7. The largest absolute Gasteiger partial charge is 0.334 e. The van der Waals surface area contributed by atoms with Crippen molar-refractivity contribution in [3.63, 3.8) is 0 Å². The number of nitrogens with one attached hydrogen (secondary N) is 1. The van der Waals surface area contributed by atoms with E-state index in [1.54, 1.807) is 12.1 Å². The number of fused-ring (bicyclic) bond motifs is 4. The van der Waals surface area contributed by atoms with Gasteiger partial charge >= 0.3 is 6.03 Å². The van der Waals surface area contributed by atoms with Crippen LogP contribution >= 0.6 is 0 Å². The van der Waals surface area contributed by atoms with Gasteiger partial charge in [0.25, 0.3) is 0 Å². The second-order valence-corrected chi connectivity index (χ2v) is 8.29. The molecule has 2 aromatic rings. The van der Waals surface area contributed by atoms with E-state index in [9.17, 15) is 9.18 Å². The lowest BCUT2D eigenvalue weighted by atomic mass is 9.84. The summed E-state index contributed by atoms with van der Waals surface area (Å²) in [5.74, 6) is 0.339. The number of amides is 2. The van der Waals surface area contributed by atoms with Crippen LogP contribution in [0.2, 0.25) is 0 Å². The van der Waals surface area contributed by atoms with Crippen LogP contribution in [0.3, 0.4) is 0 Å². The summed E-state index contributed by atoms with van der Waals surface area (Å²) in [6.07, 6.45) is 3.20. The van der Waals surface area contributed by atoms with Gasteiger partial charge < -0.3 is 15.1 Å². The van der Waals surface area contributed by atoms with Crippen LogP contribution in [-0.2, 0) is 6.42 Å². The lowest BCUT2D eigenvalue weighted by Crippen LogP contribution is -2.59. The molecule has 4 aliphatic rings. The van der Waals surface area contributed by atoms with Crippen LogP contribution in [0.5, 0.6) is 0 Å². The Kier molecular flexibility index (Phi) is 4.55. The molecule has 0 radical (unpaired) electrons. The van der Waals surface area contributed by atoms with Gasteiger partial charge in [-0.1, -0.05) is 36.4 Å². The number of piperidine rings is 3. The third-order valence-electron chi connectivity index (χ3n) is 6.70. The van der Waals surface area contributed by atoms with Crippen LogP contribution in [0.4, 0.5) is 9.18 Å². The molecular formula is C23H26FN3O. The van der Waals surface area contributed by atoms with Crippen LogP contribution in [0.15, 0.2) is 48.5 Å². The van der Waals surface area contributed by atoms with Crippen LogP contribution in [0.25, 0.3) is 0 Å². The monoisotopic (exact) mass is 379 g/mol. The zero-order chi connectivity index (χ0) is 19.1. The van der Waals surface area contributed by atoms with Crippen molar-refractivity contribution in [1.29, 1.82) is 0 Å². The standard InChI is InChI=1S/C23H26FN3O/c24-19-7-5-18(6-8-19)22-20-4-2-1-3-16(20)11-14-27(22)23(28)25-21-15-26-12-9-17(21)10-13-26/h1-8,17,21-22H,9-15H2,(H,25,28). The number of hydrogen-bond donors (Lipinski definition) is 1. The molecular weight excluding hydrogens is 353 g/mol. The lowest BCUT2D eigenvalue weighted by molar-refractivity contribution is 0.0715. The molecule has 0 aromatic heterocycles. The van der Waals surface area contributed by atoms with E-state index in [1.165, 1.54) is 30.5 Å². The fraction of sp³-hybridized carbons (Fsp3) is 0.435. The van der Waals surface area contributed by atoms with Crippen molar-refractivity contribution >= 4 is 6.03 Å². The summed E-state index contributed by atoms with van der Waals surface area (Å²) in [6.45, 7) is 3.95. The van der Waals surface area contributed by atoms with Crippen molar-refractivity contribution < 1.29 is 9.18 Å². The Bertz CT molecular complexity index is 860. The molecule has 6 rings (SSSR count). The number of carbonyl (C=O) groups excluding carboxylic acids is 1. The molecule has 4 heterocycles. The number of nitrogens with zero attached hydrogens (tertiary/aromatic N) is 2. The Hall–Kier alpha value is -2.40. The van der Waals surface area contributed by atoms with Gasteiger partial charge in [0.1, 0.15) is 5.82 Å². The van der Waals surface area contributed by atoms with Gasteiger partial charge in [0, 0.05) is 19.1 Å². The maximum Gasteiger partial charge on any atom is 0.318 e. The van der Waals surface area contributed by atoms with Crippen molar-refractivity contribution in [3.05, 3.63) is 71.0 Å². The maximum absolute atomic E-state index is 13.5. The zero-order valence-corrected chi connectivity index (χ0v) is 16.0. The first-order valence-electron chi connectivity index (χ1n) is 10.3. The van der Waals surface area contributed by atoms with E-state index < -0.39 is 0 Å². The summed E-state index contributed by atoms with van der Waals surface area (Å²) in [5.41, 5.74) is 3.37. The molecule has 28 heavy (non-hydrogen) atoms. The summed E-state index contributed by atoms with van der Waals surface area (Å²) < 4.78 is 13.5. The molecule has 0 spiro atoms. The van der Waals surface area contributed by atoms with Crippen LogP contribution in [0, 0.1) is 11.7 Å². The van der Waals surface area contributed by atoms with Gasteiger partial charge in [0.15, 0.2) is 0 Å². The molecule has 2 bridgehead atoms. The Balaban J connectivity index is 1.43. The Morgan fingerprint density at radius 2 is 1.75 bits per heavy atom.